The minimum absolute atomic E-state index is 0.190. The van der Waals surface area contributed by atoms with E-state index in [4.69, 9.17) is 0 Å². The van der Waals surface area contributed by atoms with Gasteiger partial charge in [-0.15, -0.1) is 0 Å². The van der Waals surface area contributed by atoms with Crippen molar-refractivity contribution >= 4 is 15.9 Å². The van der Waals surface area contributed by atoms with E-state index >= 15 is 0 Å². The molecule has 21 heavy (non-hydrogen) atoms. The highest BCUT2D eigenvalue weighted by Crippen LogP contribution is 2.35. The van der Waals surface area contributed by atoms with Gasteiger partial charge in [-0.3, -0.25) is 0 Å². The second-order valence-corrected chi connectivity index (χ2v) is 6.59. The van der Waals surface area contributed by atoms with Gasteiger partial charge in [0.1, 0.15) is 5.75 Å². The fraction of sp³-hybridized carbons (Fsp3) is 0.333. The monoisotopic (exact) mass is 345 g/mol. The van der Waals surface area contributed by atoms with Gasteiger partial charge in [-0.2, -0.15) is 0 Å². The molecule has 2 aromatic rings. The lowest BCUT2D eigenvalue weighted by atomic mass is 9.77. The number of fused-ring (bicyclic) bond motifs is 1. The summed E-state index contributed by atoms with van der Waals surface area (Å²) < 4.78 is 1.00. The van der Waals surface area contributed by atoms with E-state index in [-0.39, 0.29) is 6.04 Å². The predicted octanol–water partition coefficient (Wildman–Crippen LogP) is 4.54. The maximum absolute atomic E-state index is 10.1. The summed E-state index contributed by atoms with van der Waals surface area (Å²) in [6.07, 6.45) is 2.11. The zero-order chi connectivity index (χ0) is 14.8. The molecule has 2 aromatic carbocycles. The number of phenols is 1. The fourth-order valence-corrected chi connectivity index (χ4v) is 3.49. The van der Waals surface area contributed by atoms with E-state index in [2.05, 4.69) is 52.4 Å². The van der Waals surface area contributed by atoms with Crippen molar-refractivity contribution < 1.29 is 5.11 Å². The molecule has 2 atom stereocenters. The summed E-state index contributed by atoms with van der Waals surface area (Å²) in [5.74, 6) is 0.969. The van der Waals surface area contributed by atoms with Crippen LogP contribution in [0.3, 0.4) is 0 Å². The lowest BCUT2D eigenvalue weighted by molar-refractivity contribution is 0.425. The Labute approximate surface area is 134 Å². The van der Waals surface area contributed by atoms with Crippen molar-refractivity contribution in [2.75, 3.05) is 6.54 Å². The smallest absolute Gasteiger partial charge is 0.120 e. The highest BCUT2D eigenvalue weighted by molar-refractivity contribution is 9.10. The molecular formula is C18H20BrNO. The Morgan fingerprint density at radius 3 is 2.86 bits per heavy atom. The lowest BCUT2D eigenvalue weighted by Gasteiger charge is -2.32. The summed E-state index contributed by atoms with van der Waals surface area (Å²) in [6.45, 7) is 3.11. The van der Waals surface area contributed by atoms with Crippen LogP contribution in [-0.4, -0.2) is 11.7 Å². The van der Waals surface area contributed by atoms with Gasteiger partial charge < -0.3 is 10.4 Å². The summed E-state index contributed by atoms with van der Waals surface area (Å²) >= 11 is 3.48. The van der Waals surface area contributed by atoms with Crippen LogP contribution in [0.2, 0.25) is 0 Å². The van der Waals surface area contributed by atoms with Gasteiger partial charge in [0.2, 0.25) is 0 Å². The molecule has 0 aliphatic heterocycles. The van der Waals surface area contributed by atoms with Gasteiger partial charge in [0, 0.05) is 28.5 Å². The molecule has 2 nitrogen and oxygen atoms in total. The van der Waals surface area contributed by atoms with E-state index in [9.17, 15) is 5.11 Å². The predicted molar refractivity (Wildman–Crippen MR) is 89.7 cm³/mol. The number of hydrogen-bond donors (Lipinski definition) is 2. The maximum Gasteiger partial charge on any atom is 0.120 e. The first-order valence-corrected chi connectivity index (χ1v) is 8.28. The van der Waals surface area contributed by atoms with Gasteiger partial charge in [0.05, 0.1) is 0 Å². The van der Waals surface area contributed by atoms with Crippen LogP contribution in [0.15, 0.2) is 46.9 Å². The van der Waals surface area contributed by atoms with Crippen LogP contribution >= 0.6 is 15.9 Å². The van der Waals surface area contributed by atoms with Crippen molar-refractivity contribution in [1.29, 1.82) is 0 Å². The first-order chi connectivity index (χ1) is 10.2. The van der Waals surface area contributed by atoms with Gasteiger partial charge in [0.25, 0.3) is 0 Å². The first-order valence-electron chi connectivity index (χ1n) is 7.48. The van der Waals surface area contributed by atoms with Gasteiger partial charge in [-0.25, -0.2) is 0 Å². The van der Waals surface area contributed by atoms with Crippen LogP contribution in [0.4, 0.5) is 0 Å². The van der Waals surface area contributed by atoms with Crippen molar-refractivity contribution in [2.45, 2.75) is 31.7 Å². The molecule has 110 valence electrons. The van der Waals surface area contributed by atoms with Crippen molar-refractivity contribution in [2.24, 2.45) is 0 Å². The lowest BCUT2D eigenvalue weighted by Crippen LogP contribution is -2.31. The van der Waals surface area contributed by atoms with Gasteiger partial charge in [0.15, 0.2) is 0 Å². The Hall–Kier alpha value is -1.32. The standard InChI is InChI=1S/C18H20BrNO/c1-2-17(16-10-14(19)7-8-18(16)21)20-11-13-9-12-5-3-4-6-15(12)13/h3-8,10,13,17,20-21H,2,9,11H2,1H3. The molecule has 0 radical (unpaired) electrons. The summed E-state index contributed by atoms with van der Waals surface area (Å²) in [6, 6.07) is 14.5. The highest BCUT2D eigenvalue weighted by Gasteiger charge is 2.26. The van der Waals surface area contributed by atoms with Gasteiger partial charge in [-0.05, 0) is 42.2 Å². The van der Waals surface area contributed by atoms with Crippen molar-refractivity contribution in [3.8, 4) is 5.75 Å². The van der Waals surface area contributed by atoms with Crippen molar-refractivity contribution in [3.63, 3.8) is 0 Å². The molecule has 0 fully saturated rings. The number of phenolic OH excluding ortho intramolecular Hbond substituents is 1. The summed E-state index contributed by atoms with van der Waals surface area (Å²) in [5, 5.41) is 13.7. The fourth-order valence-electron chi connectivity index (χ4n) is 3.11. The molecule has 0 spiro atoms. The third kappa shape index (κ3) is 2.99. The summed E-state index contributed by atoms with van der Waals surface area (Å²) in [7, 11) is 0. The molecule has 0 heterocycles. The Kier molecular flexibility index (Phi) is 4.32. The minimum atomic E-state index is 0.190. The third-order valence-corrected chi connectivity index (χ3v) is 4.84. The Morgan fingerprint density at radius 2 is 2.10 bits per heavy atom. The van der Waals surface area contributed by atoms with Crippen LogP contribution in [0.5, 0.6) is 5.75 Å². The van der Waals surface area contributed by atoms with E-state index < -0.39 is 0 Å². The minimum Gasteiger partial charge on any atom is -0.508 e. The molecule has 0 bridgehead atoms. The van der Waals surface area contributed by atoms with E-state index in [1.165, 1.54) is 11.1 Å². The second kappa shape index (κ2) is 6.20. The van der Waals surface area contributed by atoms with Crippen LogP contribution in [0.25, 0.3) is 0 Å². The van der Waals surface area contributed by atoms with Gasteiger partial charge >= 0.3 is 0 Å². The molecule has 0 saturated heterocycles. The zero-order valence-electron chi connectivity index (χ0n) is 12.1. The molecular weight excluding hydrogens is 326 g/mol. The SMILES string of the molecule is CCC(NCC1Cc2ccccc21)c1cc(Br)ccc1O. The van der Waals surface area contributed by atoms with Crippen molar-refractivity contribution in [3.05, 3.63) is 63.6 Å². The van der Waals surface area contributed by atoms with Crippen LogP contribution in [-0.2, 0) is 6.42 Å². The Morgan fingerprint density at radius 1 is 1.29 bits per heavy atom. The quantitative estimate of drug-likeness (QED) is 0.833. The molecule has 0 aromatic heterocycles. The molecule has 3 heteroatoms. The average Bonchev–Trinajstić information content (AvgIpc) is 2.47. The van der Waals surface area contributed by atoms with Crippen LogP contribution < -0.4 is 5.32 Å². The summed E-state index contributed by atoms with van der Waals surface area (Å²) in [4.78, 5) is 0. The molecule has 0 saturated carbocycles. The number of benzene rings is 2. The highest BCUT2D eigenvalue weighted by atomic mass is 79.9. The number of rotatable bonds is 5. The number of hydrogen-bond acceptors (Lipinski definition) is 2. The van der Waals surface area contributed by atoms with E-state index in [1.807, 2.05) is 12.1 Å². The van der Waals surface area contributed by atoms with E-state index in [0.717, 1.165) is 29.4 Å². The largest absolute Gasteiger partial charge is 0.508 e. The van der Waals surface area contributed by atoms with Crippen LogP contribution in [0.1, 0.15) is 42.0 Å². The summed E-state index contributed by atoms with van der Waals surface area (Å²) in [5.41, 5.74) is 3.92. The normalized spacial score (nSPS) is 17.9. The molecule has 1 aliphatic carbocycles. The van der Waals surface area contributed by atoms with E-state index in [1.54, 1.807) is 6.07 Å². The molecule has 3 rings (SSSR count). The first kappa shape index (κ1) is 14.6. The topological polar surface area (TPSA) is 32.3 Å². The molecule has 2 unspecified atom stereocenters. The second-order valence-electron chi connectivity index (χ2n) is 5.67. The average molecular weight is 346 g/mol. The number of nitrogens with one attached hydrogen (secondary N) is 1. The Balaban J connectivity index is 1.68. The zero-order valence-corrected chi connectivity index (χ0v) is 13.7. The van der Waals surface area contributed by atoms with Crippen molar-refractivity contribution in [1.82, 2.24) is 5.32 Å². The number of halogens is 1. The van der Waals surface area contributed by atoms with E-state index in [0.29, 0.717) is 11.7 Å². The molecule has 0 amide bonds. The molecule has 1 aliphatic rings. The Bertz CT molecular complexity index is 641. The number of aromatic hydroxyl groups is 1. The molecule has 2 N–H and O–H groups in total. The third-order valence-electron chi connectivity index (χ3n) is 4.35. The maximum atomic E-state index is 10.1. The van der Waals surface area contributed by atoms with Gasteiger partial charge in [-0.1, -0.05) is 47.1 Å². The van der Waals surface area contributed by atoms with Crippen LogP contribution in [0, 0.1) is 0 Å².